The molecule has 1 fully saturated rings. The van der Waals surface area contributed by atoms with E-state index in [2.05, 4.69) is 11.8 Å². The highest BCUT2D eigenvalue weighted by molar-refractivity contribution is 6.42. The van der Waals surface area contributed by atoms with Crippen molar-refractivity contribution in [2.45, 2.75) is 38.1 Å². The van der Waals surface area contributed by atoms with Crippen molar-refractivity contribution in [2.75, 3.05) is 14.1 Å². The number of hydrogen-bond donors (Lipinski definition) is 0. The van der Waals surface area contributed by atoms with Crippen LogP contribution in [0.15, 0.2) is 18.2 Å². The third-order valence-corrected chi connectivity index (χ3v) is 5.30. The van der Waals surface area contributed by atoms with Crippen LogP contribution in [0.4, 0.5) is 0 Å². The lowest BCUT2D eigenvalue weighted by atomic mass is 9.72. The van der Waals surface area contributed by atoms with Crippen molar-refractivity contribution in [3.63, 3.8) is 0 Å². The van der Waals surface area contributed by atoms with Gasteiger partial charge in [-0.05, 0) is 63.9 Å². The van der Waals surface area contributed by atoms with Crippen LogP contribution in [0.25, 0.3) is 0 Å². The Morgan fingerprint density at radius 1 is 1.20 bits per heavy atom. The predicted octanol–water partition coefficient (Wildman–Crippen LogP) is 4.69. The van der Waals surface area contributed by atoms with E-state index in [9.17, 15) is 4.79 Å². The van der Waals surface area contributed by atoms with Crippen molar-refractivity contribution in [3.05, 3.63) is 33.8 Å². The molecule has 0 radical (unpaired) electrons. The normalized spacial score (nSPS) is 26.8. The molecule has 4 heteroatoms. The average Bonchev–Trinajstić information content (AvgIpc) is 2.42. The van der Waals surface area contributed by atoms with E-state index in [4.69, 9.17) is 23.2 Å². The number of ketones is 1. The number of hydrogen-bond acceptors (Lipinski definition) is 2. The van der Waals surface area contributed by atoms with Crippen molar-refractivity contribution >= 4 is 29.0 Å². The second-order valence-corrected chi connectivity index (χ2v) is 6.88. The van der Waals surface area contributed by atoms with Crippen molar-refractivity contribution in [1.29, 1.82) is 0 Å². The van der Waals surface area contributed by atoms with Crippen LogP contribution in [-0.2, 0) is 0 Å². The summed E-state index contributed by atoms with van der Waals surface area (Å²) < 4.78 is 0. The lowest BCUT2D eigenvalue weighted by Gasteiger charge is -2.43. The zero-order chi connectivity index (χ0) is 14.9. The molecule has 0 heterocycles. The van der Waals surface area contributed by atoms with E-state index < -0.39 is 5.54 Å². The van der Waals surface area contributed by atoms with Gasteiger partial charge in [-0.25, -0.2) is 0 Å². The topological polar surface area (TPSA) is 20.3 Å². The maximum absolute atomic E-state index is 13.0. The van der Waals surface area contributed by atoms with Gasteiger partial charge < -0.3 is 0 Å². The fraction of sp³-hybridized carbons (Fsp3) is 0.562. The number of halogens is 2. The van der Waals surface area contributed by atoms with Gasteiger partial charge in [0.1, 0.15) is 0 Å². The minimum Gasteiger partial charge on any atom is -0.297 e. The van der Waals surface area contributed by atoms with Gasteiger partial charge in [0.15, 0.2) is 5.78 Å². The Morgan fingerprint density at radius 3 is 2.30 bits per heavy atom. The third kappa shape index (κ3) is 2.88. The Hall–Kier alpha value is -0.570. The first kappa shape index (κ1) is 15.8. The molecule has 0 spiro atoms. The van der Waals surface area contributed by atoms with Gasteiger partial charge in [0.25, 0.3) is 0 Å². The maximum Gasteiger partial charge on any atom is 0.183 e. The number of likely N-dealkylation sites (N-methyl/N-ethyl adjacent to an activating group) is 1. The van der Waals surface area contributed by atoms with Crippen molar-refractivity contribution in [1.82, 2.24) is 4.90 Å². The van der Waals surface area contributed by atoms with E-state index >= 15 is 0 Å². The van der Waals surface area contributed by atoms with Gasteiger partial charge in [0, 0.05) is 5.56 Å². The lowest BCUT2D eigenvalue weighted by molar-refractivity contribution is 0.0513. The first-order valence-electron chi connectivity index (χ1n) is 7.04. The van der Waals surface area contributed by atoms with Gasteiger partial charge in [-0.1, -0.05) is 30.1 Å². The van der Waals surface area contributed by atoms with Gasteiger partial charge in [-0.2, -0.15) is 0 Å². The summed E-state index contributed by atoms with van der Waals surface area (Å²) in [6.07, 6.45) is 3.98. The molecule has 20 heavy (non-hydrogen) atoms. The highest BCUT2D eigenvalue weighted by atomic mass is 35.5. The van der Waals surface area contributed by atoms with Crippen LogP contribution in [0.5, 0.6) is 0 Å². The molecule has 1 aromatic carbocycles. The van der Waals surface area contributed by atoms with Gasteiger partial charge in [-0.3, -0.25) is 9.69 Å². The number of carbonyl (C=O) groups excluding carboxylic acids is 1. The summed E-state index contributed by atoms with van der Waals surface area (Å²) in [5.41, 5.74) is 0.256. The summed E-state index contributed by atoms with van der Waals surface area (Å²) in [5, 5.41) is 0.926. The smallest absolute Gasteiger partial charge is 0.183 e. The van der Waals surface area contributed by atoms with Crippen molar-refractivity contribution in [3.8, 4) is 0 Å². The van der Waals surface area contributed by atoms with E-state index in [0.717, 1.165) is 25.7 Å². The zero-order valence-electron chi connectivity index (χ0n) is 12.2. The van der Waals surface area contributed by atoms with E-state index in [1.54, 1.807) is 18.2 Å². The highest BCUT2D eigenvalue weighted by Crippen LogP contribution is 2.38. The van der Waals surface area contributed by atoms with E-state index in [1.165, 1.54) is 0 Å². The molecule has 1 aromatic rings. The Labute approximate surface area is 131 Å². The standard InChI is InChI=1S/C16H21Cl2NO/c1-11-6-8-16(9-7-11,19(2)3)15(20)12-4-5-13(17)14(18)10-12/h4-5,10-11H,6-9H2,1-3H3. The molecule has 110 valence electrons. The molecular formula is C16H21Cl2NO. The first-order chi connectivity index (χ1) is 9.36. The maximum atomic E-state index is 13.0. The molecule has 0 unspecified atom stereocenters. The van der Waals surface area contributed by atoms with Crippen LogP contribution in [0.1, 0.15) is 43.0 Å². The Morgan fingerprint density at radius 2 is 1.80 bits per heavy atom. The average molecular weight is 314 g/mol. The Bertz CT molecular complexity index is 505. The molecule has 1 saturated carbocycles. The van der Waals surface area contributed by atoms with Crippen LogP contribution in [-0.4, -0.2) is 30.3 Å². The van der Waals surface area contributed by atoms with Gasteiger partial charge >= 0.3 is 0 Å². The molecule has 0 N–H and O–H groups in total. The summed E-state index contributed by atoms with van der Waals surface area (Å²) in [5.74, 6) is 0.859. The Kier molecular flexibility index (Phi) is 4.78. The minimum absolute atomic E-state index is 0.160. The minimum atomic E-state index is -0.399. The predicted molar refractivity (Wildman–Crippen MR) is 84.8 cm³/mol. The fourth-order valence-corrected chi connectivity index (χ4v) is 3.32. The number of rotatable bonds is 3. The molecule has 1 aliphatic carbocycles. The van der Waals surface area contributed by atoms with E-state index in [1.807, 2.05) is 14.1 Å². The van der Waals surface area contributed by atoms with Crippen LogP contribution < -0.4 is 0 Å². The summed E-state index contributed by atoms with van der Waals surface area (Å²) in [6, 6.07) is 5.17. The Balaban J connectivity index is 2.34. The van der Waals surface area contributed by atoms with Crippen LogP contribution in [0, 0.1) is 5.92 Å². The molecular weight excluding hydrogens is 293 g/mol. The summed E-state index contributed by atoms with van der Waals surface area (Å²) >= 11 is 12.0. The molecule has 0 bridgehead atoms. The largest absolute Gasteiger partial charge is 0.297 e. The molecule has 2 rings (SSSR count). The molecule has 0 atom stereocenters. The van der Waals surface area contributed by atoms with Crippen molar-refractivity contribution < 1.29 is 4.79 Å². The quantitative estimate of drug-likeness (QED) is 0.755. The van der Waals surface area contributed by atoms with Gasteiger partial charge in [0.05, 0.1) is 15.6 Å². The lowest BCUT2D eigenvalue weighted by Crippen LogP contribution is -2.53. The van der Waals surface area contributed by atoms with E-state index in [-0.39, 0.29) is 5.78 Å². The molecule has 0 saturated heterocycles. The first-order valence-corrected chi connectivity index (χ1v) is 7.80. The van der Waals surface area contributed by atoms with Crippen molar-refractivity contribution in [2.24, 2.45) is 5.92 Å². The fourth-order valence-electron chi connectivity index (χ4n) is 3.02. The second-order valence-electron chi connectivity index (χ2n) is 6.07. The number of Topliss-reactive ketones (excluding diaryl/α,β-unsaturated/α-hetero) is 1. The molecule has 1 aliphatic rings. The van der Waals surface area contributed by atoms with Gasteiger partial charge in [0.2, 0.25) is 0 Å². The molecule has 2 nitrogen and oxygen atoms in total. The summed E-state index contributed by atoms with van der Waals surface area (Å²) in [6.45, 7) is 2.25. The third-order valence-electron chi connectivity index (χ3n) is 4.56. The SMILES string of the molecule is CC1CCC(C(=O)c2ccc(Cl)c(Cl)c2)(N(C)C)CC1. The number of carbonyl (C=O) groups is 1. The molecule has 0 aromatic heterocycles. The number of nitrogens with zero attached hydrogens (tertiary/aromatic N) is 1. The van der Waals surface area contributed by atoms with Crippen LogP contribution in [0.2, 0.25) is 10.0 Å². The monoisotopic (exact) mass is 313 g/mol. The van der Waals surface area contributed by atoms with E-state index in [0.29, 0.717) is 21.5 Å². The molecule has 0 aliphatic heterocycles. The summed E-state index contributed by atoms with van der Waals surface area (Å²) in [4.78, 5) is 15.1. The van der Waals surface area contributed by atoms with Crippen LogP contribution in [0.3, 0.4) is 0 Å². The zero-order valence-corrected chi connectivity index (χ0v) is 13.8. The van der Waals surface area contributed by atoms with Gasteiger partial charge in [-0.15, -0.1) is 0 Å². The highest BCUT2D eigenvalue weighted by Gasteiger charge is 2.43. The second kappa shape index (κ2) is 6.05. The molecule has 0 amide bonds. The van der Waals surface area contributed by atoms with Crippen LogP contribution >= 0.6 is 23.2 Å². The number of benzene rings is 1. The summed E-state index contributed by atoms with van der Waals surface area (Å²) in [7, 11) is 3.98.